The lowest BCUT2D eigenvalue weighted by molar-refractivity contribution is -0.155. The van der Waals surface area contributed by atoms with Crippen molar-refractivity contribution in [3.63, 3.8) is 0 Å². The molecule has 192 valence electrons. The second kappa shape index (κ2) is 11.6. The molecule has 11 heteroatoms. The summed E-state index contributed by atoms with van der Waals surface area (Å²) < 4.78 is 18.6. The van der Waals surface area contributed by atoms with Gasteiger partial charge in [0.15, 0.2) is 10.3 Å². The number of thiophene rings is 1. The van der Waals surface area contributed by atoms with Gasteiger partial charge in [-0.3, -0.25) is 24.6 Å². The maximum Gasteiger partial charge on any atom is 0.307 e. The second-order valence-corrected chi connectivity index (χ2v) is 11.8. The molecular weight excluding hydrogens is 491 g/mol. The topological polar surface area (TPSA) is 91.8 Å². The van der Waals surface area contributed by atoms with E-state index < -0.39 is 10.7 Å². The van der Waals surface area contributed by atoms with Crippen LogP contribution in [0.3, 0.4) is 0 Å². The summed E-state index contributed by atoms with van der Waals surface area (Å²) in [6.07, 6.45) is 3.01. The number of amides is 2. The van der Waals surface area contributed by atoms with E-state index in [9.17, 15) is 18.8 Å². The Morgan fingerprint density at radius 1 is 1.31 bits per heavy atom. The van der Waals surface area contributed by atoms with Crippen LogP contribution in [0.1, 0.15) is 73.1 Å². The molecule has 1 unspecified atom stereocenters. The van der Waals surface area contributed by atoms with E-state index in [0.717, 1.165) is 40.1 Å². The molecule has 1 atom stereocenters. The van der Waals surface area contributed by atoms with Gasteiger partial charge >= 0.3 is 5.97 Å². The molecule has 0 radical (unpaired) electrons. The third-order valence-electron chi connectivity index (χ3n) is 5.64. The van der Waals surface area contributed by atoms with Gasteiger partial charge in [-0.2, -0.15) is 4.39 Å². The van der Waals surface area contributed by atoms with Gasteiger partial charge in [0.1, 0.15) is 5.60 Å². The molecule has 3 heterocycles. The van der Waals surface area contributed by atoms with Crippen molar-refractivity contribution in [2.24, 2.45) is 0 Å². The molecule has 1 N–H and O–H groups in total. The molecule has 0 bridgehead atoms. The van der Waals surface area contributed by atoms with Crippen LogP contribution < -0.4 is 5.32 Å². The normalized spacial score (nSPS) is 16.1. The lowest BCUT2D eigenvalue weighted by Gasteiger charge is -2.28. The largest absolute Gasteiger partial charge is 0.460 e. The van der Waals surface area contributed by atoms with Crippen LogP contribution in [0, 0.1) is 12.1 Å². The van der Waals surface area contributed by atoms with Crippen molar-refractivity contribution in [3.05, 3.63) is 32.7 Å². The molecule has 2 aromatic heterocycles. The van der Waals surface area contributed by atoms with Crippen LogP contribution in [-0.2, 0) is 14.3 Å². The van der Waals surface area contributed by atoms with E-state index in [0.29, 0.717) is 25.2 Å². The molecule has 3 rings (SSSR count). The Bertz CT molecular complexity index is 1060. The zero-order chi connectivity index (χ0) is 25.8. The summed E-state index contributed by atoms with van der Waals surface area (Å²) in [5.74, 6) is -0.605. The van der Waals surface area contributed by atoms with E-state index in [1.807, 2.05) is 50.5 Å². The first kappa shape index (κ1) is 27.2. The molecule has 0 aromatic carbocycles. The standard InChI is InChI=1S/C24H33FN4O4S2/c1-6-28(11-9-21(31)33-24(3,4)5)14-20(30)29-10-7-8-17(29)18-12-16(15(2)34-18)22(32)27-23-26-13-19(25)35-23/h12-13,17H,6-11,14H2,1-5H3,(H,26,27,32). The minimum Gasteiger partial charge on any atom is -0.460 e. The summed E-state index contributed by atoms with van der Waals surface area (Å²) in [5.41, 5.74) is -0.0231. The van der Waals surface area contributed by atoms with Gasteiger partial charge in [0, 0.05) is 22.8 Å². The number of thiazole rings is 1. The minimum absolute atomic E-state index is 0.00820. The molecule has 1 saturated heterocycles. The predicted octanol–water partition coefficient (Wildman–Crippen LogP) is 4.62. The Balaban J connectivity index is 1.62. The minimum atomic E-state index is -0.530. The van der Waals surface area contributed by atoms with Crippen LogP contribution in [0.4, 0.5) is 9.52 Å². The Hall–Kier alpha value is -2.37. The van der Waals surface area contributed by atoms with E-state index in [1.165, 1.54) is 11.3 Å². The van der Waals surface area contributed by atoms with Crippen LogP contribution in [-0.4, -0.2) is 64.3 Å². The highest BCUT2D eigenvalue weighted by Crippen LogP contribution is 2.37. The zero-order valence-corrected chi connectivity index (χ0v) is 22.5. The Labute approximate surface area is 213 Å². The van der Waals surface area contributed by atoms with E-state index in [-0.39, 0.29) is 41.9 Å². The number of hydrogen-bond acceptors (Lipinski definition) is 8. The number of nitrogens with one attached hydrogen (secondary N) is 1. The van der Waals surface area contributed by atoms with Crippen molar-refractivity contribution in [2.45, 2.75) is 65.5 Å². The highest BCUT2D eigenvalue weighted by molar-refractivity contribution is 7.14. The number of likely N-dealkylation sites (tertiary alicyclic amines) is 1. The Morgan fingerprint density at radius 3 is 2.69 bits per heavy atom. The highest BCUT2D eigenvalue weighted by atomic mass is 32.1. The van der Waals surface area contributed by atoms with Crippen molar-refractivity contribution in [1.82, 2.24) is 14.8 Å². The van der Waals surface area contributed by atoms with E-state index in [4.69, 9.17) is 4.74 Å². The fraction of sp³-hybridized carbons (Fsp3) is 0.583. The molecular formula is C24H33FN4O4S2. The fourth-order valence-electron chi connectivity index (χ4n) is 4.01. The maximum atomic E-state index is 13.2. The lowest BCUT2D eigenvalue weighted by atomic mass is 10.1. The van der Waals surface area contributed by atoms with Gasteiger partial charge in [-0.25, -0.2) is 4.98 Å². The summed E-state index contributed by atoms with van der Waals surface area (Å²) in [7, 11) is 0. The van der Waals surface area contributed by atoms with E-state index in [2.05, 4.69) is 10.3 Å². The van der Waals surface area contributed by atoms with Gasteiger partial charge in [-0.15, -0.1) is 11.3 Å². The third kappa shape index (κ3) is 7.55. The second-order valence-electron chi connectivity index (χ2n) is 9.49. The Kier molecular flexibility index (Phi) is 9.00. The Morgan fingerprint density at radius 2 is 2.06 bits per heavy atom. The quantitative estimate of drug-likeness (QED) is 0.481. The first-order valence-corrected chi connectivity index (χ1v) is 13.4. The molecule has 35 heavy (non-hydrogen) atoms. The van der Waals surface area contributed by atoms with Gasteiger partial charge in [0.25, 0.3) is 5.91 Å². The number of carbonyl (C=O) groups is 3. The number of halogens is 1. The molecule has 2 amide bonds. The smallest absolute Gasteiger partial charge is 0.307 e. The van der Waals surface area contributed by atoms with Crippen LogP contribution in [0.2, 0.25) is 0 Å². The van der Waals surface area contributed by atoms with Gasteiger partial charge in [0.2, 0.25) is 5.91 Å². The molecule has 1 fully saturated rings. The summed E-state index contributed by atoms with van der Waals surface area (Å²) in [6, 6.07) is 1.74. The van der Waals surface area contributed by atoms with Crippen LogP contribution >= 0.6 is 22.7 Å². The average molecular weight is 525 g/mol. The molecule has 2 aromatic rings. The van der Waals surface area contributed by atoms with Crippen molar-refractivity contribution in [3.8, 4) is 0 Å². The van der Waals surface area contributed by atoms with E-state index >= 15 is 0 Å². The molecule has 0 spiro atoms. The fourth-order valence-corrected chi connectivity index (χ4v) is 5.72. The number of nitrogens with zero attached hydrogens (tertiary/aromatic N) is 3. The number of likely N-dealkylation sites (N-methyl/N-ethyl adjacent to an activating group) is 1. The number of aryl methyl sites for hydroxylation is 1. The number of hydrogen-bond donors (Lipinski definition) is 1. The van der Waals surface area contributed by atoms with Crippen molar-refractivity contribution < 1.29 is 23.5 Å². The first-order valence-electron chi connectivity index (χ1n) is 11.7. The summed E-state index contributed by atoms with van der Waals surface area (Å²) in [4.78, 5) is 47.4. The molecule has 1 aliphatic heterocycles. The number of aromatic nitrogens is 1. The first-order chi connectivity index (χ1) is 16.5. The van der Waals surface area contributed by atoms with Crippen molar-refractivity contribution in [1.29, 1.82) is 0 Å². The average Bonchev–Trinajstić information content (AvgIpc) is 3.49. The van der Waals surface area contributed by atoms with Gasteiger partial charge < -0.3 is 9.64 Å². The van der Waals surface area contributed by atoms with Gasteiger partial charge in [-0.05, 0) is 53.1 Å². The van der Waals surface area contributed by atoms with Crippen LogP contribution in [0.5, 0.6) is 0 Å². The molecule has 8 nitrogen and oxygen atoms in total. The lowest BCUT2D eigenvalue weighted by Crippen LogP contribution is -2.41. The third-order valence-corrected chi connectivity index (χ3v) is 7.49. The number of anilines is 1. The van der Waals surface area contributed by atoms with Crippen LogP contribution in [0.25, 0.3) is 0 Å². The summed E-state index contributed by atoms with van der Waals surface area (Å²) in [5, 5.41) is 2.39. The summed E-state index contributed by atoms with van der Waals surface area (Å²) in [6.45, 7) is 11.3. The predicted molar refractivity (Wildman–Crippen MR) is 135 cm³/mol. The zero-order valence-electron chi connectivity index (χ0n) is 20.9. The van der Waals surface area contributed by atoms with E-state index in [1.54, 1.807) is 0 Å². The highest BCUT2D eigenvalue weighted by Gasteiger charge is 2.32. The van der Waals surface area contributed by atoms with Crippen LogP contribution in [0.15, 0.2) is 12.3 Å². The monoisotopic (exact) mass is 524 g/mol. The molecule has 0 saturated carbocycles. The number of rotatable bonds is 9. The molecule has 1 aliphatic rings. The number of esters is 1. The van der Waals surface area contributed by atoms with Gasteiger partial charge in [-0.1, -0.05) is 18.3 Å². The van der Waals surface area contributed by atoms with Crippen molar-refractivity contribution >= 4 is 45.6 Å². The number of ether oxygens (including phenoxy) is 1. The summed E-state index contributed by atoms with van der Waals surface area (Å²) >= 11 is 2.28. The van der Waals surface area contributed by atoms with Crippen molar-refractivity contribution in [2.75, 3.05) is 31.5 Å². The molecule has 0 aliphatic carbocycles. The SMILES string of the molecule is CCN(CCC(=O)OC(C)(C)C)CC(=O)N1CCCC1c1cc(C(=O)Nc2ncc(F)s2)c(C)s1. The maximum absolute atomic E-state index is 13.2. The number of carbonyl (C=O) groups excluding carboxylic acids is 3. The van der Waals surface area contributed by atoms with Gasteiger partial charge in [0.05, 0.1) is 30.8 Å².